The van der Waals surface area contributed by atoms with Crippen LogP contribution in [-0.2, 0) is 16.0 Å². The van der Waals surface area contributed by atoms with E-state index in [-0.39, 0.29) is 12.5 Å². The summed E-state index contributed by atoms with van der Waals surface area (Å²) in [5.41, 5.74) is 6.63. The van der Waals surface area contributed by atoms with E-state index in [9.17, 15) is 9.59 Å². The first kappa shape index (κ1) is 19.7. The van der Waals surface area contributed by atoms with Crippen molar-refractivity contribution < 1.29 is 19.4 Å². The van der Waals surface area contributed by atoms with Gasteiger partial charge in [0.1, 0.15) is 11.6 Å². The summed E-state index contributed by atoms with van der Waals surface area (Å²) in [6.45, 7) is 9.10. The van der Waals surface area contributed by atoms with Gasteiger partial charge >= 0.3 is 12.1 Å². The molecule has 6 heteroatoms. The van der Waals surface area contributed by atoms with E-state index in [4.69, 9.17) is 15.6 Å². The van der Waals surface area contributed by atoms with Crippen LogP contribution in [0.5, 0.6) is 0 Å². The first-order valence-electron chi connectivity index (χ1n) is 7.80. The molecule has 0 aromatic heterocycles. The first-order chi connectivity index (χ1) is 11.1. The molecule has 0 saturated carbocycles. The maximum atomic E-state index is 12.0. The number of aliphatic carboxylic acids is 1. The van der Waals surface area contributed by atoms with E-state index in [1.807, 2.05) is 24.3 Å². The molecule has 0 aliphatic heterocycles. The highest BCUT2D eigenvalue weighted by Gasteiger charge is 2.20. The van der Waals surface area contributed by atoms with E-state index in [1.54, 1.807) is 26.8 Å². The number of carbonyl (C=O) groups is 2. The summed E-state index contributed by atoms with van der Waals surface area (Å²) in [6.07, 6.45) is 1.93. The zero-order valence-corrected chi connectivity index (χ0v) is 14.4. The van der Waals surface area contributed by atoms with Crippen molar-refractivity contribution in [1.29, 1.82) is 0 Å². The Labute approximate surface area is 142 Å². The Morgan fingerprint density at radius 1 is 1.42 bits per heavy atom. The van der Waals surface area contributed by atoms with Gasteiger partial charge in [0, 0.05) is 0 Å². The minimum Gasteiger partial charge on any atom is -0.480 e. The van der Waals surface area contributed by atoms with E-state index in [0.29, 0.717) is 6.42 Å². The molecule has 1 aromatic rings. The van der Waals surface area contributed by atoms with Crippen LogP contribution < -0.4 is 11.1 Å². The fourth-order valence-corrected chi connectivity index (χ4v) is 2.17. The SMILES string of the molecule is C=CCC(NC(=O)OC(C)(C)C)c1cccc(CC(N)C(=O)O)c1. The van der Waals surface area contributed by atoms with Crippen molar-refractivity contribution >= 4 is 12.1 Å². The van der Waals surface area contributed by atoms with Crippen molar-refractivity contribution in [3.05, 3.63) is 48.0 Å². The lowest BCUT2D eigenvalue weighted by atomic mass is 9.98. The third-order valence-corrected chi connectivity index (χ3v) is 3.22. The maximum Gasteiger partial charge on any atom is 0.408 e. The monoisotopic (exact) mass is 334 g/mol. The Kier molecular flexibility index (Phi) is 6.97. The summed E-state index contributed by atoms with van der Waals surface area (Å²) in [5.74, 6) is -1.05. The molecular formula is C18H26N2O4. The Bertz CT molecular complexity index is 593. The molecular weight excluding hydrogens is 308 g/mol. The van der Waals surface area contributed by atoms with E-state index in [1.165, 1.54) is 0 Å². The number of rotatable bonds is 7. The minimum atomic E-state index is -1.05. The lowest BCUT2D eigenvalue weighted by molar-refractivity contribution is -0.138. The second kappa shape index (κ2) is 8.49. The van der Waals surface area contributed by atoms with Crippen molar-refractivity contribution in [2.24, 2.45) is 5.73 Å². The maximum absolute atomic E-state index is 12.0. The Morgan fingerprint density at radius 2 is 2.08 bits per heavy atom. The van der Waals surface area contributed by atoms with Crippen molar-refractivity contribution in [3.8, 4) is 0 Å². The number of amides is 1. The summed E-state index contributed by atoms with van der Waals surface area (Å²) in [5, 5.41) is 11.7. The molecule has 0 bridgehead atoms. The average molecular weight is 334 g/mol. The van der Waals surface area contributed by atoms with Gasteiger partial charge in [0.05, 0.1) is 6.04 Å². The number of nitrogens with two attached hydrogens (primary N) is 1. The normalized spacial score (nSPS) is 13.7. The van der Waals surface area contributed by atoms with Gasteiger partial charge in [0.25, 0.3) is 0 Å². The topological polar surface area (TPSA) is 102 Å². The van der Waals surface area contributed by atoms with Crippen LogP contribution in [0.15, 0.2) is 36.9 Å². The highest BCUT2D eigenvalue weighted by Crippen LogP contribution is 2.20. The predicted molar refractivity (Wildman–Crippen MR) is 92.7 cm³/mol. The standard InChI is InChI=1S/C18H26N2O4/c1-5-7-15(20-17(23)24-18(2,3)4)13-9-6-8-12(10-13)11-14(19)16(21)22/h5-6,8-10,14-15H,1,7,11,19H2,2-4H3,(H,20,23)(H,21,22). The highest BCUT2D eigenvalue weighted by molar-refractivity contribution is 5.73. The number of hydrogen-bond acceptors (Lipinski definition) is 4. The molecule has 1 aromatic carbocycles. The Morgan fingerprint density at radius 3 is 2.62 bits per heavy atom. The quantitative estimate of drug-likeness (QED) is 0.666. The molecule has 24 heavy (non-hydrogen) atoms. The minimum absolute atomic E-state index is 0.219. The smallest absolute Gasteiger partial charge is 0.408 e. The molecule has 6 nitrogen and oxygen atoms in total. The number of benzene rings is 1. The zero-order chi connectivity index (χ0) is 18.3. The summed E-state index contributed by atoms with van der Waals surface area (Å²) >= 11 is 0. The van der Waals surface area contributed by atoms with Crippen molar-refractivity contribution in [1.82, 2.24) is 5.32 Å². The molecule has 0 aliphatic rings. The van der Waals surface area contributed by atoms with Crippen LogP contribution in [0.3, 0.4) is 0 Å². The Hall–Kier alpha value is -2.34. The van der Waals surface area contributed by atoms with Gasteiger partial charge in [0.15, 0.2) is 0 Å². The molecule has 132 valence electrons. The lowest BCUT2D eigenvalue weighted by Crippen LogP contribution is -2.35. The van der Waals surface area contributed by atoms with Crippen LogP contribution in [0.1, 0.15) is 44.4 Å². The molecule has 0 heterocycles. The molecule has 0 spiro atoms. The second-order valence-electron chi connectivity index (χ2n) is 6.62. The number of carbonyl (C=O) groups excluding carboxylic acids is 1. The number of alkyl carbamates (subject to hydrolysis) is 1. The molecule has 1 amide bonds. The number of carboxylic acid groups (broad SMARTS) is 1. The van der Waals surface area contributed by atoms with Crippen molar-refractivity contribution in [2.75, 3.05) is 0 Å². The van der Waals surface area contributed by atoms with Gasteiger partial charge in [-0.1, -0.05) is 30.3 Å². The summed E-state index contributed by atoms with van der Waals surface area (Å²) in [4.78, 5) is 22.9. The van der Waals surface area contributed by atoms with E-state index >= 15 is 0 Å². The highest BCUT2D eigenvalue weighted by atomic mass is 16.6. The van der Waals surface area contributed by atoms with Gasteiger partial charge in [-0.3, -0.25) is 4.79 Å². The molecule has 2 atom stereocenters. The second-order valence-corrected chi connectivity index (χ2v) is 6.62. The molecule has 4 N–H and O–H groups in total. The number of nitrogens with one attached hydrogen (secondary N) is 1. The van der Waals surface area contributed by atoms with Gasteiger partial charge in [-0.2, -0.15) is 0 Å². The third-order valence-electron chi connectivity index (χ3n) is 3.22. The molecule has 0 radical (unpaired) electrons. The number of hydrogen-bond donors (Lipinski definition) is 3. The van der Waals surface area contributed by atoms with Gasteiger partial charge in [-0.05, 0) is 44.7 Å². The van der Waals surface area contributed by atoms with Crippen LogP contribution >= 0.6 is 0 Å². The summed E-state index contributed by atoms with van der Waals surface area (Å²) < 4.78 is 5.28. The van der Waals surface area contributed by atoms with Crippen LogP contribution in [0, 0.1) is 0 Å². The number of ether oxygens (including phenoxy) is 1. The molecule has 0 aliphatic carbocycles. The molecule has 2 unspecified atom stereocenters. The largest absolute Gasteiger partial charge is 0.480 e. The third kappa shape index (κ3) is 6.83. The Balaban J connectivity index is 2.90. The van der Waals surface area contributed by atoms with Crippen LogP contribution in [0.4, 0.5) is 4.79 Å². The van der Waals surface area contributed by atoms with E-state index in [2.05, 4.69) is 11.9 Å². The van der Waals surface area contributed by atoms with Crippen LogP contribution in [0.2, 0.25) is 0 Å². The first-order valence-corrected chi connectivity index (χ1v) is 7.80. The van der Waals surface area contributed by atoms with Crippen LogP contribution in [0.25, 0.3) is 0 Å². The summed E-state index contributed by atoms with van der Waals surface area (Å²) in [6, 6.07) is 6.06. The van der Waals surface area contributed by atoms with Crippen molar-refractivity contribution in [3.63, 3.8) is 0 Å². The van der Waals surface area contributed by atoms with Gasteiger partial charge in [0.2, 0.25) is 0 Å². The predicted octanol–water partition coefficient (Wildman–Crippen LogP) is 2.78. The molecule has 0 fully saturated rings. The van der Waals surface area contributed by atoms with Crippen LogP contribution in [-0.4, -0.2) is 28.8 Å². The van der Waals surface area contributed by atoms with Gasteiger partial charge in [-0.15, -0.1) is 6.58 Å². The zero-order valence-electron chi connectivity index (χ0n) is 14.4. The van der Waals surface area contributed by atoms with E-state index < -0.39 is 23.7 Å². The van der Waals surface area contributed by atoms with E-state index in [0.717, 1.165) is 11.1 Å². The molecule has 0 saturated heterocycles. The van der Waals surface area contributed by atoms with Gasteiger partial charge < -0.3 is 20.9 Å². The fraction of sp³-hybridized carbons (Fsp3) is 0.444. The average Bonchev–Trinajstić information content (AvgIpc) is 2.45. The van der Waals surface area contributed by atoms with Crippen molar-refractivity contribution in [2.45, 2.75) is 51.3 Å². The lowest BCUT2D eigenvalue weighted by Gasteiger charge is -2.23. The summed E-state index contributed by atoms with van der Waals surface area (Å²) in [7, 11) is 0. The molecule has 1 rings (SSSR count). The number of carboxylic acids is 1. The fourth-order valence-electron chi connectivity index (χ4n) is 2.17. The van der Waals surface area contributed by atoms with Gasteiger partial charge in [-0.25, -0.2) is 4.79 Å².